The molecule has 1 aliphatic carbocycles. The highest BCUT2D eigenvalue weighted by Gasteiger charge is 2.31. The van der Waals surface area contributed by atoms with Crippen molar-refractivity contribution in [2.75, 3.05) is 7.05 Å². The standard InChI is InChI=1S/C13H18ClFN2O2S/c1-8-3-11(4-8)17-20(18,19)12-6-10(14)5-9(7-16-2)13(12)15/h5-6,8,11,16-17H,3-4,7H2,1-2H3. The van der Waals surface area contributed by atoms with Gasteiger partial charge < -0.3 is 5.32 Å². The van der Waals surface area contributed by atoms with Crippen molar-refractivity contribution >= 4 is 21.6 Å². The van der Waals surface area contributed by atoms with E-state index in [-0.39, 0.29) is 28.1 Å². The van der Waals surface area contributed by atoms with Gasteiger partial charge in [-0.05, 0) is 37.9 Å². The molecule has 1 fully saturated rings. The molecule has 0 amide bonds. The second-order valence-corrected chi connectivity index (χ2v) is 7.42. The van der Waals surface area contributed by atoms with E-state index in [1.54, 1.807) is 7.05 Å². The van der Waals surface area contributed by atoms with E-state index in [0.29, 0.717) is 5.92 Å². The molecule has 1 saturated carbocycles. The maximum atomic E-state index is 14.3. The van der Waals surface area contributed by atoms with Crippen molar-refractivity contribution in [3.63, 3.8) is 0 Å². The van der Waals surface area contributed by atoms with Gasteiger partial charge >= 0.3 is 0 Å². The van der Waals surface area contributed by atoms with E-state index in [0.717, 1.165) is 18.9 Å². The summed E-state index contributed by atoms with van der Waals surface area (Å²) < 4.78 is 41.3. The topological polar surface area (TPSA) is 58.2 Å². The molecule has 7 heteroatoms. The fourth-order valence-electron chi connectivity index (χ4n) is 2.41. The van der Waals surface area contributed by atoms with Gasteiger partial charge in [-0.1, -0.05) is 18.5 Å². The van der Waals surface area contributed by atoms with Gasteiger partial charge in [-0.25, -0.2) is 17.5 Å². The van der Waals surface area contributed by atoms with Gasteiger partial charge in [0.15, 0.2) is 0 Å². The van der Waals surface area contributed by atoms with Crippen LogP contribution in [0.25, 0.3) is 0 Å². The molecule has 0 bridgehead atoms. The zero-order valence-electron chi connectivity index (χ0n) is 11.4. The predicted molar refractivity (Wildman–Crippen MR) is 76.7 cm³/mol. The minimum absolute atomic E-state index is 0.110. The van der Waals surface area contributed by atoms with Gasteiger partial charge in [-0.15, -0.1) is 0 Å². The molecule has 0 heterocycles. The second kappa shape index (κ2) is 5.97. The summed E-state index contributed by atoms with van der Waals surface area (Å²) in [7, 11) is -2.22. The lowest BCUT2D eigenvalue weighted by atomic mass is 9.83. The van der Waals surface area contributed by atoms with Gasteiger partial charge in [0, 0.05) is 23.2 Å². The van der Waals surface area contributed by atoms with Crippen LogP contribution >= 0.6 is 11.6 Å². The van der Waals surface area contributed by atoms with E-state index in [4.69, 9.17) is 11.6 Å². The first-order valence-corrected chi connectivity index (χ1v) is 8.34. The normalized spacial score (nSPS) is 22.6. The van der Waals surface area contributed by atoms with Gasteiger partial charge in [0.1, 0.15) is 10.7 Å². The fraction of sp³-hybridized carbons (Fsp3) is 0.538. The summed E-state index contributed by atoms with van der Waals surface area (Å²) in [5.41, 5.74) is 0.238. The lowest BCUT2D eigenvalue weighted by Crippen LogP contribution is -2.43. The van der Waals surface area contributed by atoms with Crippen molar-refractivity contribution in [1.29, 1.82) is 0 Å². The molecule has 1 aromatic carbocycles. The Morgan fingerprint density at radius 3 is 2.60 bits per heavy atom. The van der Waals surface area contributed by atoms with E-state index in [9.17, 15) is 12.8 Å². The van der Waals surface area contributed by atoms with E-state index < -0.39 is 15.8 Å². The largest absolute Gasteiger partial charge is 0.316 e. The monoisotopic (exact) mass is 320 g/mol. The van der Waals surface area contributed by atoms with E-state index in [1.807, 2.05) is 0 Å². The molecule has 20 heavy (non-hydrogen) atoms. The summed E-state index contributed by atoms with van der Waals surface area (Å²) in [5.74, 6) is -0.240. The Kier molecular flexibility index (Phi) is 4.69. The molecule has 2 N–H and O–H groups in total. The van der Waals surface area contributed by atoms with Crippen LogP contribution in [0.15, 0.2) is 17.0 Å². The first-order valence-electron chi connectivity index (χ1n) is 6.48. The van der Waals surface area contributed by atoms with Crippen LogP contribution in [0.2, 0.25) is 5.02 Å². The number of halogens is 2. The Labute approximate surface area is 123 Å². The van der Waals surface area contributed by atoms with Crippen molar-refractivity contribution in [3.05, 3.63) is 28.5 Å². The summed E-state index contributed by atoms with van der Waals surface area (Å²) in [5, 5.41) is 2.99. The van der Waals surface area contributed by atoms with Gasteiger partial charge in [0.05, 0.1) is 0 Å². The number of rotatable bonds is 5. The van der Waals surface area contributed by atoms with Crippen molar-refractivity contribution < 1.29 is 12.8 Å². The molecular formula is C13H18ClFN2O2S. The van der Waals surface area contributed by atoms with Gasteiger partial charge in [-0.2, -0.15) is 0 Å². The molecule has 0 aliphatic heterocycles. The Balaban J connectivity index is 2.30. The molecule has 1 aliphatic rings. The summed E-state index contributed by atoms with van der Waals surface area (Å²) in [6, 6.07) is 2.47. The Bertz CT molecular complexity index is 601. The molecule has 0 aromatic heterocycles. The van der Waals surface area contributed by atoms with Crippen molar-refractivity contribution in [1.82, 2.24) is 10.0 Å². The van der Waals surface area contributed by atoms with Crippen LogP contribution < -0.4 is 10.0 Å². The first-order chi connectivity index (χ1) is 9.33. The molecule has 0 atom stereocenters. The number of nitrogens with one attached hydrogen (secondary N) is 2. The second-order valence-electron chi connectivity index (χ2n) is 5.30. The molecular weight excluding hydrogens is 303 g/mol. The third-order valence-electron chi connectivity index (χ3n) is 3.43. The third kappa shape index (κ3) is 3.31. The highest BCUT2D eigenvalue weighted by molar-refractivity contribution is 7.89. The summed E-state index contributed by atoms with van der Waals surface area (Å²) in [6.45, 7) is 2.27. The van der Waals surface area contributed by atoms with Crippen molar-refractivity contribution in [2.24, 2.45) is 5.92 Å². The van der Waals surface area contributed by atoms with Crippen LogP contribution in [0.4, 0.5) is 4.39 Å². The fourth-order valence-corrected chi connectivity index (χ4v) is 4.13. The zero-order chi connectivity index (χ0) is 14.9. The lowest BCUT2D eigenvalue weighted by molar-refractivity contribution is 0.270. The third-order valence-corrected chi connectivity index (χ3v) is 5.17. The Morgan fingerprint density at radius 2 is 2.05 bits per heavy atom. The summed E-state index contributed by atoms with van der Waals surface area (Å²) in [4.78, 5) is -0.380. The van der Waals surface area contributed by atoms with E-state index >= 15 is 0 Å². The molecule has 0 radical (unpaired) electrons. The highest BCUT2D eigenvalue weighted by Crippen LogP contribution is 2.29. The van der Waals surface area contributed by atoms with Crippen LogP contribution in [-0.4, -0.2) is 21.5 Å². The number of hydrogen-bond donors (Lipinski definition) is 2. The van der Waals surface area contributed by atoms with Gasteiger partial charge in [0.25, 0.3) is 0 Å². The van der Waals surface area contributed by atoms with Gasteiger partial charge in [0.2, 0.25) is 10.0 Å². The number of benzene rings is 1. The number of sulfonamides is 1. The smallest absolute Gasteiger partial charge is 0.243 e. The van der Waals surface area contributed by atoms with Crippen molar-refractivity contribution in [3.8, 4) is 0 Å². The van der Waals surface area contributed by atoms with Crippen molar-refractivity contribution in [2.45, 2.75) is 37.2 Å². The molecule has 0 saturated heterocycles. The SMILES string of the molecule is CNCc1cc(Cl)cc(S(=O)(=O)NC2CC(C)C2)c1F. The first kappa shape index (κ1) is 15.7. The summed E-state index contributed by atoms with van der Waals surface area (Å²) >= 11 is 5.88. The summed E-state index contributed by atoms with van der Waals surface area (Å²) in [6.07, 6.45) is 1.57. The van der Waals surface area contributed by atoms with E-state index in [1.165, 1.54) is 6.07 Å². The maximum Gasteiger partial charge on any atom is 0.243 e. The highest BCUT2D eigenvalue weighted by atomic mass is 35.5. The number of hydrogen-bond acceptors (Lipinski definition) is 3. The van der Waals surface area contributed by atoms with E-state index in [2.05, 4.69) is 17.0 Å². The maximum absolute atomic E-state index is 14.3. The lowest BCUT2D eigenvalue weighted by Gasteiger charge is -2.33. The zero-order valence-corrected chi connectivity index (χ0v) is 13.0. The molecule has 112 valence electrons. The molecule has 0 unspecified atom stereocenters. The van der Waals surface area contributed by atoms with Gasteiger partial charge in [-0.3, -0.25) is 0 Å². The average molecular weight is 321 g/mol. The van der Waals surface area contributed by atoms with Crippen LogP contribution in [-0.2, 0) is 16.6 Å². The Morgan fingerprint density at radius 1 is 1.40 bits per heavy atom. The van der Waals surface area contributed by atoms with Crippen LogP contribution in [0.1, 0.15) is 25.3 Å². The molecule has 1 aromatic rings. The molecule has 0 spiro atoms. The molecule has 4 nitrogen and oxygen atoms in total. The molecule has 2 rings (SSSR count). The minimum atomic E-state index is -3.88. The minimum Gasteiger partial charge on any atom is -0.316 e. The van der Waals surface area contributed by atoms with Crippen LogP contribution in [0.5, 0.6) is 0 Å². The van der Waals surface area contributed by atoms with Crippen LogP contribution in [0.3, 0.4) is 0 Å². The predicted octanol–water partition coefficient (Wildman–Crippen LogP) is 2.28. The average Bonchev–Trinajstić information content (AvgIpc) is 2.31. The van der Waals surface area contributed by atoms with Crippen LogP contribution in [0, 0.1) is 11.7 Å². The quantitative estimate of drug-likeness (QED) is 0.875. The Hall–Kier alpha value is -0.690.